The zero-order chi connectivity index (χ0) is 23.2. The second-order valence-corrected chi connectivity index (χ2v) is 7.55. The summed E-state index contributed by atoms with van der Waals surface area (Å²) in [5.74, 6) is -1.08. The first-order valence-electron chi connectivity index (χ1n) is 9.57. The molecule has 1 heterocycles. The van der Waals surface area contributed by atoms with E-state index in [9.17, 15) is 35.1 Å². The molecule has 1 fully saturated rings. The van der Waals surface area contributed by atoms with Gasteiger partial charge in [-0.1, -0.05) is 12.1 Å². The summed E-state index contributed by atoms with van der Waals surface area (Å²) in [6.45, 7) is 0.672. The zero-order valence-corrected chi connectivity index (χ0v) is 17.2. The van der Waals surface area contributed by atoms with Crippen molar-refractivity contribution in [2.24, 2.45) is 0 Å². The van der Waals surface area contributed by atoms with Crippen molar-refractivity contribution in [3.8, 4) is 5.75 Å². The first-order valence-corrected chi connectivity index (χ1v) is 9.57. The molecule has 6 atom stereocenters. The Labute approximate surface area is 178 Å². The Kier molecular flexibility index (Phi) is 8.74. The second-order valence-electron chi connectivity index (χ2n) is 7.55. The monoisotopic (exact) mass is 444 g/mol. The van der Waals surface area contributed by atoms with Gasteiger partial charge in [-0.3, -0.25) is 9.59 Å². The number of aliphatic hydroxyl groups is 5. The first kappa shape index (κ1) is 25.0. The van der Waals surface area contributed by atoms with Crippen molar-refractivity contribution in [3.63, 3.8) is 0 Å². The van der Waals surface area contributed by atoms with Crippen LogP contribution in [0.5, 0.6) is 5.75 Å². The summed E-state index contributed by atoms with van der Waals surface area (Å²) in [5, 5.41) is 48.8. The van der Waals surface area contributed by atoms with Gasteiger partial charge in [-0.15, -0.1) is 0 Å². The molecule has 31 heavy (non-hydrogen) atoms. The smallest absolute Gasteiger partial charge is 0.309 e. The predicted octanol–water partition coefficient (Wildman–Crippen LogP) is -1.39. The van der Waals surface area contributed by atoms with E-state index in [2.05, 4.69) is 4.74 Å². The molecule has 0 unspecified atom stereocenters. The van der Waals surface area contributed by atoms with Crippen molar-refractivity contribution < 1.29 is 54.1 Å². The fourth-order valence-corrected chi connectivity index (χ4v) is 2.93. The summed E-state index contributed by atoms with van der Waals surface area (Å²) in [7, 11) is 1.18. The van der Waals surface area contributed by atoms with Crippen molar-refractivity contribution in [2.75, 3.05) is 13.7 Å². The van der Waals surface area contributed by atoms with Crippen LogP contribution in [0, 0.1) is 0 Å². The predicted molar refractivity (Wildman–Crippen MR) is 103 cm³/mol. The number of esters is 2. The largest absolute Gasteiger partial charge is 0.469 e. The van der Waals surface area contributed by atoms with E-state index in [4.69, 9.17) is 14.2 Å². The molecule has 0 radical (unpaired) electrons. The maximum atomic E-state index is 11.9. The Bertz CT molecular complexity index is 731. The van der Waals surface area contributed by atoms with Gasteiger partial charge in [0.2, 0.25) is 6.29 Å². The van der Waals surface area contributed by atoms with Crippen LogP contribution in [0.1, 0.15) is 25.3 Å². The van der Waals surface area contributed by atoms with Crippen molar-refractivity contribution in [1.29, 1.82) is 0 Å². The lowest BCUT2D eigenvalue weighted by molar-refractivity contribution is -0.277. The molecule has 11 heteroatoms. The fourth-order valence-electron chi connectivity index (χ4n) is 2.93. The fraction of sp³-hybridized carbons (Fsp3) is 0.600. The number of benzene rings is 1. The number of hydrogen-bond acceptors (Lipinski definition) is 11. The van der Waals surface area contributed by atoms with Crippen LogP contribution in [0.2, 0.25) is 0 Å². The number of carbonyl (C=O) groups is 2. The standard InChI is InChI=1S/C20H28O11/c1-20(27,7-14(22)28-2)8-15(23)29-10-11-3-5-12(6-4-11)30-19-18(26)17(25)16(24)13(9-21)31-19/h3-6,13,16-19,21,24-27H,7-10H2,1-2H3/t13-,16-,17+,18-,19-,20+/m1/s1. The molecule has 1 aromatic rings. The third kappa shape index (κ3) is 7.13. The van der Waals surface area contributed by atoms with Crippen molar-refractivity contribution in [1.82, 2.24) is 0 Å². The highest BCUT2D eigenvalue weighted by Gasteiger charge is 2.44. The molecule has 1 aliphatic heterocycles. The van der Waals surface area contributed by atoms with E-state index in [-0.39, 0.29) is 25.2 Å². The van der Waals surface area contributed by atoms with E-state index in [0.717, 1.165) is 0 Å². The van der Waals surface area contributed by atoms with Gasteiger partial charge in [0.15, 0.2) is 0 Å². The van der Waals surface area contributed by atoms with Gasteiger partial charge in [-0.05, 0) is 24.6 Å². The maximum Gasteiger partial charge on any atom is 0.309 e. The minimum absolute atomic E-state index is 0.0898. The lowest BCUT2D eigenvalue weighted by atomic mass is 9.98. The van der Waals surface area contributed by atoms with Gasteiger partial charge in [0.25, 0.3) is 0 Å². The summed E-state index contributed by atoms with van der Waals surface area (Å²) < 4.78 is 20.3. The maximum absolute atomic E-state index is 11.9. The first-order chi connectivity index (χ1) is 14.6. The van der Waals surface area contributed by atoms with Gasteiger partial charge in [-0.25, -0.2) is 0 Å². The second kappa shape index (κ2) is 10.8. The third-order valence-electron chi connectivity index (χ3n) is 4.70. The molecule has 11 nitrogen and oxygen atoms in total. The lowest BCUT2D eigenvalue weighted by Gasteiger charge is -2.39. The number of hydrogen-bond donors (Lipinski definition) is 5. The van der Waals surface area contributed by atoms with Crippen LogP contribution in [-0.2, 0) is 30.4 Å². The average molecular weight is 444 g/mol. The van der Waals surface area contributed by atoms with E-state index in [0.29, 0.717) is 5.56 Å². The normalized spacial score (nSPS) is 27.8. The van der Waals surface area contributed by atoms with Crippen LogP contribution in [-0.4, -0.2) is 87.5 Å². The van der Waals surface area contributed by atoms with Crippen LogP contribution in [0.25, 0.3) is 0 Å². The van der Waals surface area contributed by atoms with Crippen molar-refractivity contribution >= 4 is 11.9 Å². The quantitative estimate of drug-likeness (QED) is 0.284. The van der Waals surface area contributed by atoms with Gasteiger partial charge in [0.1, 0.15) is 36.8 Å². The molecule has 0 spiro atoms. The molecule has 174 valence electrons. The summed E-state index contributed by atoms with van der Waals surface area (Å²) in [4.78, 5) is 23.2. The number of rotatable bonds is 9. The van der Waals surface area contributed by atoms with Crippen LogP contribution < -0.4 is 4.74 Å². The summed E-state index contributed by atoms with van der Waals surface area (Å²) in [6, 6.07) is 6.19. The molecule has 1 aromatic carbocycles. The molecule has 0 aliphatic carbocycles. The lowest BCUT2D eigenvalue weighted by Crippen LogP contribution is -2.60. The van der Waals surface area contributed by atoms with Gasteiger partial charge >= 0.3 is 11.9 Å². The summed E-state index contributed by atoms with van der Waals surface area (Å²) in [6.07, 6.45) is -7.69. The molecule has 0 amide bonds. The zero-order valence-electron chi connectivity index (χ0n) is 17.2. The molecule has 1 aliphatic rings. The Hall–Kier alpha value is -2.28. The number of aliphatic hydroxyl groups excluding tert-OH is 4. The van der Waals surface area contributed by atoms with Crippen LogP contribution in [0.15, 0.2) is 24.3 Å². The molecular formula is C20H28O11. The Morgan fingerprint density at radius 3 is 2.23 bits per heavy atom. The van der Waals surface area contributed by atoms with Crippen LogP contribution in [0.3, 0.4) is 0 Å². The molecule has 5 N–H and O–H groups in total. The number of carbonyl (C=O) groups excluding carboxylic acids is 2. The number of methoxy groups -OCH3 is 1. The minimum Gasteiger partial charge on any atom is -0.469 e. The summed E-state index contributed by atoms with van der Waals surface area (Å²) >= 11 is 0. The highest BCUT2D eigenvalue weighted by atomic mass is 16.7. The van der Waals surface area contributed by atoms with Crippen molar-refractivity contribution in [3.05, 3.63) is 29.8 Å². The Morgan fingerprint density at radius 1 is 1.03 bits per heavy atom. The summed E-state index contributed by atoms with van der Waals surface area (Å²) in [5.41, 5.74) is -0.991. The van der Waals surface area contributed by atoms with Gasteiger partial charge in [0.05, 0.1) is 32.2 Å². The topological polar surface area (TPSA) is 172 Å². The van der Waals surface area contributed by atoms with E-state index >= 15 is 0 Å². The number of ether oxygens (including phenoxy) is 4. The molecule has 0 aromatic heterocycles. The molecule has 2 rings (SSSR count). The van der Waals surface area contributed by atoms with Crippen LogP contribution >= 0.6 is 0 Å². The molecular weight excluding hydrogens is 416 g/mol. The van der Waals surface area contributed by atoms with E-state index in [1.807, 2.05) is 0 Å². The van der Waals surface area contributed by atoms with Gasteiger partial charge in [0, 0.05) is 0 Å². The highest BCUT2D eigenvalue weighted by molar-refractivity contribution is 5.74. The van der Waals surface area contributed by atoms with Crippen molar-refractivity contribution in [2.45, 2.75) is 62.7 Å². The molecule has 0 saturated carbocycles. The highest BCUT2D eigenvalue weighted by Crippen LogP contribution is 2.24. The molecule has 1 saturated heterocycles. The van der Waals surface area contributed by atoms with E-state index in [1.165, 1.54) is 26.2 Å². The average Bonchev–Trinajstić information content (AvgIpc) is 2.72. The van der Waals surface area contributed by atoms with Crippen LogP contribution in [0.4, 0.5) is 0 Å². The Balaban J connectivity index is 1.86. The van der Waals surface area contributed by atoms with E-state index < -0.39 is 54.9 Å². The SMILES string of the molecule is COC(=O)C[C@](C)(O)CC(=O)OCc1ccc(O[C@@H]2O[C@H](CO)[C@@H](O)[C@H](O)[C@H]2O)cc1. The van der Waals surface area contributed by atoms with Gasteiger partial charge < -0.3 is 44.5 Å². The third-order valence-corrected chi connectivity index (χ3v) is 4.70. The van der Waals surface area contributed by atoms with Gasteiger partial charge in [-0.2, -0.15) is 0 Å². The minimum atomic E-state index is -1.59. The van der Waals surface area contributed by atoms with E-state index in [1.54, 1.807) is 12.1 Å². The molecule has 0 bridgehead atoms. The Morgan fingerprint density at radius 2 is 1.65 bits per heavy atom.